The molecule has 6 heteroatoms. The summed E-state index contributed by atoms with van der Waals surface area (Å²) >= 11 is 0. The number of carboxylic acids is 1. The van der Waals surface area contributed by atoms with Crippen LogP contribution in [0.5, 0.6) is 0 Å². The molecule has 3 rings (SSSR count). The molecule has 1 fully saturated rings. The Hall–Kier alpha value is -2.11. The standard InChI is InChI=1S/C12H14N4O2/c1-12(2)6-15(7-12)10-8(11(17)18)9-13-4-3-5-16(9)14-10/h3-5H,6-7H2,1-2H3,(H,17,18). The molecule has 1 aliphatic rings. The summed E-state index contributed by atoms with van der Waals surface area (Å²) in [5.41, 5.74) is 0.801. The Labute approximate surface area is 104 Å². The quantitative estimate of drug-likeness (QED) is 0.864. The van der Waals surface area contributed by atoms with Gasteiger partial charge in [0.25, 0.3) is 0 Å². The molecule has 18 heavy (non-hydrogen) atoms. The molecule has 2 aromatic heterocycles. The Morgan fingerprint density at radius 1 is 1.44 bits per heavy atom. The lowest BCUT2D eigenvalue weighted by Crippen LogP contribution is -2.53. The average molecular weight is 246 g/mol. The van der Waals surface area contributed by atoms with E-state index >= 15 is 0 Å². The topological polar surface area (TPSA) is 70.7 Å². The first-order chi connectivity index (χ1) is 8.48. The van der Waals surface area contributed by atoms with Crippen molar-refractivity contribution in [2.24, 2.45) is 5.41 Å². The number of aromatic carboxylic acids is 1. The number of hydrogen-bond donors (Lipinski definition) is 1. The third-order valence-corrected chi connectivity index (χ3v) is 3.13. The zero-order chi connectivity index (χ0) is 12.9. The SMILES string of the molecule is CC1(C)CN(c2nn3cccnc3c2C(=O)O)C1. The highest BCUT2D eigenvalue weighted by molar-refractivity contribution is 6.00. The number of rotatable bonds is 2. The Bertz CT molecular complexity index is 624. The van der Waals surface area contributed by atoms with E-state index in [2.05, 4.69) is 23.9 Å². The number of anilines is 1. The normalized spacial score (nSPS) is 17.8. The first-order valence-electron chi connectivity index (χ1n) is 5.79. The van der Waals surface area contributed by atoms with Crippen LogP contribution in [0.1, 0.15) is 24.2 Å². The molecule has 1 saturated heterocycles. The number of nitrogens with zero attached hydrogens (tertiary/aromatic N) is 4. The molecule has 2 aromatic rings. The van der Waals surface area contributed by atoms with Crippen molar-refractivity contribution in [3.8, 4) is 0 Å². The van der Waals surface area contributed by atoms with Gasteiger partial charge in [-0.15, -0.1) is 5.10 Å². The molecule has 1 aliphatic heterocycles. The minimum Gasteiger partial charge on any atom is -0.477 e. The van der Waals surface area contributed by atoms with Crippen LogP contribution in [0.15, 0.2) is 18.5 Å². The fraction of sp³-hybridized carbons (Fsp3) is 0.417. The van der Waals surface area contributed by atoms with Gasteiger partial charge < -0.3 is 10.0 Å². The van der Waals surface area contributed by atoms with Gasteiger partial charge in [0, 0.05) is 25.5 Å². The van der Waals surface area contributed by atoms with E-state index in [0.717, 1.165) is 13.1 Å². The van der Waals surface area contributed by atoms with Crippen LogP contribution in [-0.2, 0) is 0 Å². The van der Waals surface area contributed by atoms with E-state index in [4.69, 9.17) is 0 Å². The highest BCUT2D eigenvalue weighted by atomic mass is 16.4. The van der Waals surface area contributed by atoms with Crippen LogP contribution in [0.4, 0.5) is 5.82 Å². The predicted molar refractivity (Wildman–Crippen MR) is 65.9 cm³/mol. The van der Waals surface area contributed by atoms with E-state index in [1.165, 1.54) is 4.52 Å². The summed E-state index contributed by atoms with van der Waals surface area (Å²) < 4.78 is 1.52. The van der Waals surface area contributed by atoms with Crippen LogP contribution in [0.3, 0.4) is 0 Å². The third kappa shape index (κ3) is 1.53. The van der Waals surface area contributed by atoms with Gasteiger partial charge in [0.2, 0.25) is 0 Å². The van der Waals surface area contributed by atoms with Gasteiger partial charge in [0.05, 0.1) is 0 Å². The number of fused-ring (bicyclic) bond motifs is 1. The van der Waals surface area contributed by atoms with Crippen LogP contribution in [0, 0.1) is 5.41 Å². The highest BCUT2D eigenvalue weighted by Crippen LogP contribution is 2.35. The van der Waals surface area contributed by atoms with Gasteiger partial charge in [-0.2, -0.15) is 0 Å². The van der Waals surface area contributed by atoms with E-state index in [-0.39, 0.29) is 11.0 Å². The first-order valence-corrected chi connectivity index (χ1v) is 5.79. The molecule has 0 amide bonds. The van der Waals surface area contributed by atoms with Crippen molar-refractivity contribution in [2.45, 2.75) is 13.8 Å². The largest absolute Gasteiger partial charge is 0.477 e. The van der Waals surface area contributed by atoms with E-state index in [0.29, 0.717) is 11.5 Å². The summed E-state index contributed by atoms with van der Waals surface area (Å²) in [5, 5.41) is 13.7. The van der Waals surface area contributed by atoms with Crippen molar-refractivity contribution >= 4 is 17.4 Å². The molecule has 0 radical (unpaired) electrons. The Kier molecular flexibility index (Phi) is 2.10. The summed E-state index contributed by atoms with van der Waals surface area (Å²) in [6.45, 7) is 5.93. The second-order valence-electron chi connectivity index (χ2n) is 5.41. The van der Waals surface area contributed by atoms with Crippen molar-refractivity contribution in [1.82, 2.24) is 14.6 Å². The fourth-order valence-corrected chi connectivity index (χ4v) is 2.42. The molecule has 3 heterocycles. The number of aromatic nitrogens is 3. The van der Waals surface area contributed by atoms with Gasteiger partial charge in [0.1, 0.15) is 5.56 Å². The summed E-state index contributed by atoms with van der Waals surface area (Å²) in [7, 11) is 0. The van der Waals surface area contributed by atoms with Crippen LogP contribution in [0.25, 0.3) is 5.65 Å². The Morgan fingerprint density at radius 2 is 2.17 bits per heavy atom. The number of carbonyl (C=O) groups is 1. The van der Waals surface area contributed by atoms with Crippen LogP contribution in [0.2, 0.25) is 0 Å². The molecule has 6 nitrogen and oxygen atoms in total. The summed E-state index contributed by atoms with van der Waals surface area (Å²) in [5.74, 6) is -0.469. The van der Waals surface area contributed by atoms with Crippen molar-refractivity contribution in [1.29, 1.82) is 0 Å². The van der Waals surface area contributed by atoms with Gasteiger partial charge in [-0.05, 0) is 11.5 Å². The van der Waals surface area contributed by atoms with E-state index in [1.54, 1.807) is 18.5 Å². The summed E-state index contributed by atoms with van der Waals surface area (Å²) in [4.78, 5) is 17.5. The van der Waals surface area contributed by atoms with Crippen molar-refractivity contribution in [3.05, 3.63) is 24.0 Å². The van der Waals surface area contributed by atoms with Crippen LogP contribution >= 0.6 is 0 Å². The minimum absolute atomic E-state index is 0.186. The van der Waals surface area contributed by atoms with E-state index in [1.807, 2.05) is 4.90 Å². The molecule has 0 unspecified atom stereocenters. The minimum atomic E-state index is -0.983. The lowest BCUT2D eigenvalue weighted by molar-refractivity contribution is 0.0698. The maximum Gasteiger partial charge on any atom is 0.343 e. The van der Waals surface area contributed by atoms with Gasteiger partial charge in [-0.3, -0.25) is 0 Å². The molecule has 94 valence electrons. The lowest BCUT2D eigenvalue weighted by atomic mass is 9.84. The maximum atomic E-state index is 11.4. The second-order valence-corrected chi connectivity index (χ2v) is 5.41. The Balaban J connectivity index is 2.11. The number of hydrogen-bond acceptors (Lipinski definition) is 4. The van der Waals surface area contributed by atoms with Crippen LogP contribution < -0.4 is 4.90 Å². The van der Waals surface area contributed by atoms with E-state index in [9.17, 15) is 9.90 Å². The zero-order valence-corrected chi connectivity index (χ0v) is 10.3. The monoisotopic (exact) mass is 246 g/mol. The third-order valence-electron chi connectivity index (χ3n) is 3.13. The van der Waals surface area contributed by atoms with Gasteiger partial charge in [0.15, 0.2) is 11.5 Å². The predicted octanol–water partition coefficient (Wildman–Crippen LogP) is 1.27. The van der Waals surface area contributed by atoms with Crippen LogP contribution in [-0.4, -0.2) is 38.8 Å². The summed E-state index contributed by atoms with van der Waals surface area (Å²) in [6, 6.07) is 1.73. The highest BCUT2D eigenvalue weighted by Gasteiger charge is 2.38. The molecule has 0 bridgehead atoms. The first kappa shape index (κ1) is 11.0. The molecule has 1 N–H and O–H groups in total. The van der Waals surface area contributed by atoms with Gasteiger partial charge in [-0.1, -0.05) is 13.8 Å². The fourth-order valence-electron chi connectivity index (χ4n) is 2.42. The molecular weight excluding hydrogens is 232 g/mol. The molecule has 0 aliphatic carbocycles. The molecule has 0 aromatic carbocycles. The smallest absolute Gasteiger partial charge is 0.343 e. The maximum absolute atomic E-state index is 11.4. The number of carboxylic acid groups (broad SMARTS) is 1. The second kappa shape index (κ2) is 3.44. The molecule has 0 spiro atoms. The summed E-state index contributed by atoms with van der Waals surface area (Å²) in [6.07, 6.45) is 3.29. The lowest BCUT2D eigenvalue weighted by Gasteiger charge is -2.46. The zero-order valence-electron chi connectivity index (χ0n) is 10.3. The molecular formula is C12H14N4O2. The molecule has 0 atom stereocenters. The molecule has 0 saturated carbocycles. The van der Waals surface area contributed by atoms with E-state index < -0.39 is 5.97 Å². The van der Waals surface area contributed by atoms with Crippen molar-refractivity contribution in [2.75, 3.05) is 18.0 Å². The Morgan fingerprint density at radius 3 is 2.78 bits per heavy atom. The van der Waals surface area contributed by atoms with Crippen molar-refractivity contribution < 1.29 is 9.90 Å². The van der Waals surface area contributed by atoms with Gasteiger partial charge >= 0.3 is 5.97 Å². The average Bonchev–Trinajstić information content (AvgIpc) is 2.64. The van der Waals surface area contributed by atoms with Gasteiger partial charge in [-0.25, -0.2) is 14.3 Å². The van der Waals surface area contributed by atoms with Crippen molar-refractivity contribution in [3.63, 3.8) is 0 Å².